The molecule has 5 heteroatoms. The van der Waals surface area contributed by atoms with Crippen LogP contribution in [0.15, 0.2) is 67.3 Å². The second-order valence-electron chi connectivity index (χ2n) is 6.52. The predicted octanol–water partition coefficient (Wildman–Crippen LogP) is 3.22. The number of carbonyl (C=O) groups excluding carboxylic acids is 1. The van der Waals surface area contributed by atoms with Gasteiger partial charge in [0, 0.05) is 18.9 Å². The van der Waals surface area contributed by atoms with Crippen LogP contribution in [0.2, 0.25) is 0 Å². The second-order valence-corrected chi connectivity index (χ2v) is 6.52. The van der Waals surface area contributed by atoms with Crippen LogP contribution in [0.4, 0.5) is 0 Å². The monoisotopic (exact) mass is 347 g/mol. The van der Waals surface area contributed by atoms with Gasteiger partial charge in [-0.1, -0.05) is 36.4 Å². The Morgan fingerprint density at radius 2 is 2.04 bits per heavy atom. The minimum Gasteiger partial charge on any atom is -0.497 e. The van der Waals surface area contributed by atoms with Crippen LogP contribution in [0.3, 0.4) is 0 Å². The topological polar surface area (TPSA) is 47.4 Å². The molecule has 0 aliphatic carbocycles. The molecule has 0 fully saturated rings. The molecule has 26 heavy (non-hydrogen) atoms. The molecule has 3 aromatic rings. The van der Waals surface area contributed by atoms with Crippen LogP contribution in [-0.2, 0) is 24.3 Å². The number of nitrogens with zero attached hydrogens (tertiary/aromatic N) is 3. The van der Waals surface area contributed by atoms with Crippen LogP contribution in [0, 0.1) is 0 Å². The summed E-state index contributed by atoms with van der Waals surface area (Å²) in [6, 6.07) is 16.4. The smallest absolute Gasteiger partial charge is 0.243 e. The number of rotatable bonds is 4. The second kappa shape index (κ2) is 7.04. The molecular formula is C21H21N3O2. The third kappa shape index (κ3) is 3.20. The molecule has 0 bridgehead atoms. The standard InChI is InChI=1S/C21H21N3O2/c1-26-19-8-7-17-12-20(16-5-3-2-4-6-16)24(13-18(17)11-19)21(25)14-23-10-9-22-15-23/h2-11,15,20H,12-14H2,1H3. The number of methoxy groups -OCH3 is 1. The molecule has 2 aromatic carbocycles. The Labute approximate surface area is 152 Å². The highest BCUT2D eigenvalue weighted by atomic mass is 16.5. The molecule has 0 N–H and O–H groups in total. The minimum atomic E-state index is 0.0353. The number of hydrogen-bond donors (Lipinski definition) is 0. The van der Waals surface area contributed by atoms with Crippen LogP contribution in [0.1, 0.15) is 22.7 Å². The maximum atomic E-state index is 13.1. The third-order valence-corrected chi connectivity index (χ3v) is 4.93. The summed E-state index contributed by atoms with van der Waals surface area (Å²) in [4.78, 5) is 19.1. The number of imidazole rings is 1. The van der Waals surface area contributed by atoms with Crippen LogP contribution >= 0.6 is 0 Å². The molecule has 1 aromatic heterocycles. The van der Waals surface area contributed by atoms with Crippen LogP contribution in [0.5, 0.6) is 5.75 Å². The quantitative estimate of drug-likeness (QED) is 0.728. The number of ether oxygens (including phenoxy) is 1. The highest BCUT2D eigenvalue weighted by molar-refractivity contribution is 5.77. The lowest BCUT2D eigenvalue weighted by Gasteiger charge is -2.37. The number of carbonyl (C=O) groups is 1. The molecular weight excluding hydrogens is 326 g/mol. The zero-order chi connectivity index (χ0) is 17.9. The molecule has 132 valence electrons. The summed E-state index contributed by atoms with van der Waals surface area (Å²) in [7, 11) is 1.67. The summed E-state index contributed by atoms with van der Waals surface area (Å²) in [5, 5.41) is 0. The van der Waals surface area contributed by atoms with Crippen molar-refractivity contribution in [1.29, 1.82) is 0 Å². The Kier molecular flexibility index (Phi) is 4.44. The molecule has 1 amide bonds. The van der Waals surface area contributed by atoms with Crippen molar-refractivity contribution in [2.24, 2.45) is 0 Å². The van der Waals surface area contributed by atoms with Gasteiger partial charge in [0.2, 0.25) is 5.91 Å². The van der Waals surface area contributed by atoms with E-state index in [4.69, 9.17) is 4.74 Å². The molecule has 0 radical (unpaired) electrons. The fourth-order valence-corrected chi connectivity index (χ4v) is 3.55. The normalized spacial score (nSPS) is 16.2. The molecule has 2 heterocycles. The number of benzene rings is 2. The molecule has 0 saturated carbocycles. The lowest BCUT2D eigenvalue weighted by atomic mass is 9.89. The van der Waals surface area contributed by atoms with Crippen molar-refractivity contribution in [2.45, 2.75) is 25.6 Å². The zero-order valence-corrected chi connectivity index (χ0v) is 14.7. The van der Waals surface area contributed by atoms with E-state index in [2.05, 4.69) is 23.2 Å². The predicted molar refractivity (Wildman–Crippen MR) is 98.7 cm³/mol. The van der Waals surface area contributed by atoms with E-state index in [-0.39, 0.29) is 11.9 Å². The van der Waals surface area contributed by atoms with E-state index >= 15 is 0 Å². The van der Waals surface area contributed by atoms with Gasteiger partial charge in [-0.15, -0.1) is 0 Å². The Bertz CT molecular complexity index is 891. The highest BCUT2D eigenvalue weighted by Gasteiger charge is 2.31. The van der Waals surface area contributed by atoms with Gasteiger partial charge in [-0.2, -0.15) is 0 Å². The average Bonchev–Trinajstić information content (AvgIpc) is 3.20. The van der Waals surface area contributed by atoms with Crippen molar-refractivity contribution in [3.05, 3.63) is 83.9 Å². The van der Waals surface area contributed by atoms with Crippen molar-refractivity contribution >= 4 is 5.91 Å². The van der Waals surface area contributed by atoms with E-state index in [1.807, 2.05) is 46.0 Å². The van der Waals surface area contributed by atoms with E-state index in [1.165, 1.54) is 5.56 Å². The maximum Gasteiger partial charge on any atom is 0.243 e. The number of hydrogen-bond acceptors (Lipinski definition) is 3. The van der Waals surface area contributed by atoms with E-state index in [0.29, 0.717) is 13.1 Å². The Balaban J connectivity index is 1.68. The first-order valence-electron chi connectivity index (χ1n) is 8.70. The first-order chi connectivity index (χ1) is 12.7. The lowest BCUT2D eigenvalue weighted by Crippen LogP contribution is -2.40. The molecule has 1 aliphatic heterocycles. The van der Waals surface area contributed by atoms with Crippen LogP contribution in [-0.4, -0.2) is 27.5 Å². The number of aromatic nitrogens is 2. The van der Waals surface area contributed by atoms with Gasteiger partial charge >= 0.3 is 0 Å². The van der Waals surface area contributed by atoms with Gasteiger partial charge in [0.1, 0.15) is 12.3 Å². The summed E-state index contributed by atoms with van der Waals surface area (Å²) in [5.74, 6) is 0.911. The SMILES string of the molecule is COc1ccc2c(c1)CN(C(=O)Cn1ccnc1)C(c1ccccc1)C2. The van der Waals surface area contributed by atoms with Gasteiger partial charge in [0.05, 0.1) is 19.5 Å². The van der Waals surface area contributed by atoms with Gasteiger partial charge < -0.3 is 14.2 Å². The summed E-state index contributed by atoms with van der Waals surface area (Å²) < 4.78 is 7.17. The maximum absolute atomic E-state index is 13.1. The summed E-state index contributed by atoms with van der Waals surface area (Å²) in [6.45, 7) is 0.877. The van der Waals surface area contributed by atoms with Crippen LogP contribution < -0.4 is 4.74 Å². The molecule has 1 atom stereocenters. The van der Waals surface area contributed by atoms with Gasteiger partial charge in [0.25, 0.3) is 0 Å². The fourth-order valence-electron chi connectivity index (χ4n) is 3.55. The average molecular weight is 347 g/mol. The Morgan fingerprint density at radius 3 is 2.77 bits per heavy atom. The van der Waals surface area contributed by atoms with Crippen LogP contribution in [0.25, 0.3) is 0 Å². The fraction of sp³-hybridized carbons (Fsp3) is 0.238. The summed E-state index contributed by atoms with van der Waals surface area (Å²) >= 11 is 0. The van der Waals surface area contributed by atoms with E-state index in [9.17, 15) is 4.79 Å². The first-order valence-corrected chi connectivity index (χ1v) is 8.70. The number of amides is 1. The molecule has 0 saturated heterocycles. The van der Waals surface area contributed by atoms with Crippen molar-refractivity contribution in [3.63, 3.8) is 0 Å². The molecule has 4 rings (SSSR count). The minimum absolute atomic E-state index is 0.0353. The van der Waals surface area contributed by atoms with Crippen molar-refractivity contribution in [1.82, 2.24) is 14.5 Å². The third-order valence-electron chi connectivity index (χ3n) is 4.93. The Hall–Kier alpha value is -3.08. The summed E-state index contributed by atoms with van der Waals surface area (Å²) in [6.07, 6.45) is 5.99. The van der Waals surface area contributed by atoms with E-state index in [1.54, 1.807) is 19.6 Å². The van der Waals surface area contributed by atoms with Gasteiger partial charge in [0.15, 0.2) is 0 Å². The highest BCUT2D eigenvalue weighted by Crippen LogP contribution is 2.35. The van der Waals surface area contributed by atoms with E-state index < -0.39 is 0 Å². The van der Waals surface area contributed by atoms with Gasteiger partial charge in [-0.05, 0) is 35.2 Å². The molecule has 5 nitrogen and oxygen atoms in total. The zero-order valence-electron chi connectivity index (χ0n) is 14.7. The largest absolute Gasteiger partial charge is 0.497 e. The van der Waals surface area contributed by atoms with Gasteiger partial charge in [-0.3, -0.25) is 4.79 Å². The lowest BCUT2D eigenvalue weighted by molar-refractivity contribution is -0.135. The van der Waals surface area contributed by atoms with Crippen molar-refractivity contribution in [2.75, 3.05) is 7.11 Å². The van der Waals surface area contributed by atoms with Crippen molar-refractivity contribution in [3.8, 4) is 5.75 Å². The first kappa shape index (κ1) is 16.4. The van der Waals surface area contributed by atoms with E-state index in [0.717, 1.165) is 23.3 Å². The number of fused-ring (bicyclic) bond motifs is 1. The molecule has 0 spiro atoms. The molecule has 1 aliphatic rings. The summed E-state index contributed by atoms with van der Waals surface area (Å²) in [5.41, 5.74) is 3.58. The van der Waals surface area contributed by atoms with Crippen molar-refractivity contribution < 1.29 is 9.53 Å². The van der Waals surface area contributed by atoms with Gasteiger partial charge in [-0.25, -0.2) is 4.98 Å². The molecule has 1 unspecified atom stereocenters. The Morgan fingerprint density at radius 1 is 1.19 bits per heavy atom.